The molecular formula is C17H25NO2S. The second-order valence-electron chi connectivity index (χ2n) is 5.86. The summed E-state index contributed by atoms with van der Waals surface area (Å²) in [5.41, 5.74) is 1.37. The number of thioether (sulfide) groups is 1. The SMILES string of the molecule is CSc1ccc(C(C)N2CCC(CCC(=O)O)CC2)cc1. The van der Waals surface area contributed by atoms with Gasteiger partial charge < -0.3 is 5.11 Å². The molecule has 1 aliphatic heterocycles. The zero-order valence-electron chi connectivity index (χ0n) is 12.9. The molecule has 0 radical (unpaired) electrons. The van der Waals surface area contributed by atoms with Crippen molar-refractivity contribution in [3.63, 3.8) is 0 Å². The molecular weight excluding hydrogens is 282 g/mol. The maximum absolute atomic E-state index is 10.6. The van der Waals surface area contributed by atoms with Gasteiger partial charge in [-0.2, -0.15) is 0 Å². The van der Waals surface area contributed by atoms with E-state index in [1.165, 1.54) is 10.5 Å². The van der Waals surface area contributed by atoms with E-state index in [1.807, 2.05) is 0 Å². The number of aliphatic carboxylic acids is 1. The van der Waals surface area contributed by atoms with Crippen LogP contribution in [0.2, 0.25) is 0 Å². The number of benzene rings is 1. The van der Waals surface area contributed by atoms with Crippen molar-refractivity contribution in [2.45, 2.75) is 43.5 Å². The van der Waals surface area contributed by atoms with E-state index in [4.69, 9.17) is 5.11 Å². The highest BCUT2D eigenvalue weighted by molar-refractivity contribution is 7.98. The molecule has 116 valence electrons. The normalized spacial score (nSPS) is 18.6. The van der Waals surface area contributed by atoms with Gasteiger partial charge in [0.15, 0.2) is 0 Å². The largest absolute Gasteiger partial charge is 0.481 e. The van der Waals surface area contributed by atoms with Crippen LogP contribution in [-0.4, -0.2) is 35.3 Å². The number of carbonyl (C=O) groups is 1. The molecule has 0 aliphatic carbocycles. The fourth-order valence-electron chi connectivity index (χ4n) is 3.05. The topological polar surface area (TPSA) is 40.5 Å². The lowest BCUT2D eigenvalue weighted by molar-refractivity contribution is -0.137. The Bertz CT molecular complexity index is 452. The van der Waals surface area contributed by atoms with Crippen LogP contribution in [0.5, 0.6) is 0 Å². The molecule has 21 heavy (non-hydrogen) atoms. The van der Waals surface area contributed by atoms with Gasteiger partial charge in [-0.3, -0.25) is 9.69 Å². The third kappa shape index (κ3) is 4.75. The van der Waals surface area contributed by atoms with Crippen LogP contribution in [0.1, 0.15) is 44.2 Å². The summed E-state index contributed by atoms with van der Waals surface area (Å²) in [5, 5.41) is 8.76. The summed E-state index contributed by atoms with van der Waals surface area (Å²) in [6, 6.07) is 9.29. The Morgan fingerprint density at radius 1 is 1.33 bits per heavy atom. The molecule has 0 spiro atoms. The van der Waals surface area contributed by atoms with E-state index < -0.39 is 5.97 Å². The van der Waals surface area contributed by atoms with Gasteiger partial charge >= 0.3 is 5.97 Å². The minimum atomic E-state index is -0.667. The first-order chi connectivity index (χ1) is 10.1. The summed E-state index contributed by atoms with van der Waals surface area (Å²) in [4.78, 5) is 14.5. The molecule has 4 heteroatoms. The molecule has 1 aliphatic rings. The lowest BCUT2D eigenvalue weighted by Crippen LogP contribution is -2.35. The Hall–Kier alpha value is -1.00. The van der Waals surface area contributed by atoms with Gasteiger partial charge in [0, 0.05) is 17.4 Å². The van der Waals surface area contributed by atoms with Gasteiger partial charge in [0.25, 0.3) is 0 Å². The molecule has 0 amide bonds. The quantitative estimate of drug-likeness (QED) is 0.805. The summed E-state index contributed by atoms with van der Waals surface area (Å²) >= 11 is 1.77. The third-order valence-electron chi connectivity index (χ3n) is 4.56. The van der Waals surface area contributed by atoms with Crippen LogP contribution in [0.4, 0.5) is 0 Å². The molecule has 1 atom stereocenters. The monoisotopic (exact) mass is 307 g/mol. The van der Waals surface area contributed by atoms with Crippen molar-refractivity contribution in [2.24, 2.45) is 5.92 Å². The van der Waals surface area contributed by atoms with Crippen molar-refractivity contribution in [1.82, 2.24) is 4.90 Å². The molecule has 1 saturated heterocycles. The van der Waals surface area contributed by atoms with E-state index in [9.17, 15) is 4.79 Å². The van der Waals surface area contributed by atoms with E-state index in [2.05, 4.69) is 42.3 Å². The van der Waals surface area contributed by atoms with Crippen molar-refractivity contribution in [2.75, 3.05) is 19.3 Å². The fourth-order valence-corrected chi connectivity index (χ4v) is 3.46. The zero-order valence-corrected chi connectivity index (χ0v) is 13.7. The van der Waals surface area contributed by atoms with Gasteiger partial charge in [-0.1, -0.05) is 12.1 Å². The molecule has 1 aromatic carbocycles. The summed E-state index contributed by atoms with van der Waals surface area (Å²) in [6.07, 6.45) is 5.50. The molecule has 1 N–H and O–H groups in total. The second kappa shape index (κ2) is 7.85. The predicted molar refractivity (Wildman–Crippen MR) is 87.8 cm³/mol. The molecule has 1 heterocycles. The van der Waals surface area contributed by atoms with Gasteiger partial charge in [-0.25, -0.2) is 0 Å². The van der Waals surface area contributed by atoms with E-state index in [0.29, 0.717) is 18.4 Å². The highest BCUT2D eigenvalue weighted by Gasteiger charge is 2.23. The Labute approximate surface area is 131 Å². The first-order valence-corrected chi connectivity index (χ1v) is 8.92. The molecule has 1 fully saturated rings. The molecule has 0 saturated carbocycles. The molecule has 2 rings (SSSR count). The molecule has 0 aromatic heterocycles. The van der Waals surface area contributed by atoms with Gasteiger partial charge in [-0.15, -0.1) is 11.8 Å². The van der Waals surface area contributed by atoms with Crippen molar-refractivity contribution >= 4 is 17.7 Å². The van der Waals surface area contributed by atoms with Crippen LogP contribution in [0, 0.1) is 5.92 Å². The minimum Gasteiger partial charge on any atom is -0.481 e. The minimum absolute atomic E-state index is 0.316. The zero-order chi connectivity index (χ0) is 15.2. The maximum atomic E-state index is 10.6. The van der Waals surface area contributed by atoms with E-state index in [0.717, 1.165) is 32.4 Å². The highest BCUT2D eigenvalue weighted by atomic mass is 32.2. The summed E-state index contributed by atoms with van der Waals surface area (Å²) < 4.78 is 0. The lowest BCUT2D eigenvalue weighted by Gasteiger charge is -2.36. The standard InChI is InChI=1S/C17H25NO2S/c1-13(15-4-6-16(21-2)7-5-15)18-11-9-14(10-12-18)3-8-17(19)20/h4-7,13-14H,3,8-12H2,1-2H3,(H,19,20). The van der Waals surface area contributed by atoms with Crippen molar-refractivity contribution in [1.29, 1.82) is 0 Å². The fraction of sp³-hybridized carbons (Fsp3) is 0.588. The second-order valence-corrected chi connectivity index (χ2v) is 6.74. The van der Waals surface area contributed by atoms with Crippen LogP contribution in [-0.2, 0) is 4.79 Å². The Kier molecular flexibility index (Phi) is 6.12. The van der Waals surface area contributed by atoms with Gasteiger partial charge in [0.1, 0.15) is 0 Å². The van der Waals surface area contributed by atoms with Crippen molar-refractivity contribution in [3.8, 4) is 0 Å². The highest BCUT2D eigenvalue weighted by Crippen LogP contribution is 2.29. The summed E-state index contributed by atoms with van der Waals surface area (Å²) in [6.45, 7) is 4.43. The van der Waals surface area contributed by atoms with Gasteiger partial charge in [0.05, 0.1) is 0 Å². The number of hydrogen-bond donors (Lipinski definition) is 1. The van der Waals surface area contributed by atoms with Crippen LogP contribution in [0.3, 0.4) is 0 Å². The first kappa shape index (κ1) is 16.4. The Morgan fingerprint density at radius 3 is 2.48 bits per heavy atom. The number of carboxylic acid groups (broad SMARTS) is 1. The van der Waals surface area contributed by atoms with Crippen LogP contribution >= 0.6 is 11.8 Å². The predicted octanol–water partition coefficient (Wildman–Crippen LogP) is 4.05. The lowest BCUT2D eigenvalue weighted by atomic mass is 9.91. The maximum Gasteiger partial charge on any atom is 0.303 e. The number of nitrogens with zero attached hydrogens (tertiary/aromatic N) is 1. The van der Waals surface area contributed by atoms with Gasteiger partial charge in [-0.05, 0) is 69.1 Å². The van der Waals surface area contributed by atoms with Crippen molar-refractivity contribution in [3.05, 3.63) is 29.8 Å². The number of carboxylic acids is 1. The van der Waals surface area contributed by atoms with Crippen LogP contribution in [0.15, 0.2) is 29.2 Å². The number of likely N-dealkylation sites (tertiary alicyclic amines) is 1. The number of rotatable bonds is 6. The molecule has 1 aromatic rings. The van der Waals surface area contributed by atoms with Crippen LogP contribution < -0.4 is 0 Å². The van der Waals surface area contributed by atoms with E-state index in [-0.39, 0.29) is 0 Å². The van der Waals surface area contributed by atoms with Gasteiger partial charge in [0.2, 0.25) is 0 Å². The smallest absolute Gasteiger partial charge is 0.303 e. The van der Waals surface area contributed by atoms with Crippen molar-refractivity contribution < 1.29 is 9.90 Å². The Morgan fingerprint density at radius 2 is 1.95 bits per heavy atom. The van der Waals surface area contributed by atoms with E-state index in [1.54, 1.807) is 11.8 Å². The average Bonchev–Trinajstić information content (AvgIpc) is 2.53. The molecule has 3 nitrogen and oxygen atoms in total. The third-order valence-corrected chi connectivity index (χ3v) is 5.31. The van der Waals surface area contributed by atoms with E-state index >= 15 is 0 Å². The molecule has 0 bridgehead atoms. The first-order valence-electron chi connectivity index (χ1n) is 7.70. The Balaban J connectivity index is 1.84. The van der Waals surface area contributed by atoms with Crippen LogP contribution in [0.25, 0.3) is 0 Å². The number of hydrogen-bond acceptors (Lipinski definition) is 3. The molecule has 1 unspecified atom stereocenters. The average molecular weight is 307 g/mol. The number of piperidine rings is 1. The summed E-state index contributed by atoms with van der Waals surface area (Å²) in [7, 11) is 0. The summed E-state index contributed by atoms with van der Waals surface area (Å²) in [5.74, 6) is -0.0805.